The third kappa shape index (κ3) is 3.62. The molecule has 0 amide bonds. The van der Waals surface area contributed by atoms with Crippen molar-refractivity contribution in [1.82, 2.24) is 4.90 Å². The van der Waals surface area contributed by atoms with Crippen molar-refractivity contribution in [3.05, 3.63) is 41.0 Å². The third-order valence-electron chi connectivity index (χ3n) is 6.62. The number of ether oxygens (including phenoxy) is 1. The van der Waals surface area contributed by atoms with Crippen LogP contribution in [-0.2, 0) is 16.1 Å². The van der Waals surface area contributed by atoms with Gasteiger partial charge < -0.3 is 9.64 Å². The van der Waals surface area contributed by atoms with Crippen LogP contribution in [0.25, 0.3) is 6.08 Å². The first kappa shape index (κ1) is 21.1. The normalized spacial score (nSPS) is 28.0. The molecule has 0 heterocycles. The van der Waals surface area contributed by atoms with E-state index in [1.807, 2.05) is 14.1 Å². The smallest absolute Gasteiger partial charge is 0.165 e. The van der Waals surface area contributed by atoms with Crippen molar-refractivity contribution in [1.29, 1.82) is 0 Å². The van der Waals surface area contributed by atoms with Crippen LogP contribution in [0.15, 0.2) is 29.8 Å². The molecule has 1 aromatic rings. The summed E-state index contributed by atoms with van der Waals surface area (Å²) >= 11 is 0. The van der Waals surface area contributed by atoms with Gasteiger partial charge in [-0.05, 0) is 61.0 Å². The van der Waals surface area contributed by atoms with Crippen LogP contribution in [0.3, 0.4) is 0 Å². The van der Waals surface area contributed by atoms with Gasteiger partial charge in [-0.15, -0.1) is 12.4 Å². The van der Waals surface area contributed by atoms with Crippen molar-refractivity contribution in [3.63, 3.8) is 0 Å². The van der Waals surface area contributed by atoms with E-state index in [-0.39, 0.29) is 23.2 Å². The number of ketones is 1. The summed E-state index contributed by atoms with van der Waals surface area (Å²) in [5.41, 5.74) is 3.23. The molecule has 2 atom stereocenters. The average molecular weight is 378 g/mol. The molecular formula is C22H32ClNO2. The maximum Gasteiger partial charge on any atom is 0.165 e. The lowest BCUT2D eigenvalue weighted by molar-refractivity contribution is -0.125. The number of hydrogen-bond acceptors (Lipinski definition) is 3. The first-order valence-electron chi connectivity index (χ1n) is 9.33. The topological polar surface area (TPSA) is 29.5 Å². The van der Waals surface area contributed by atoms with Crippen LogP contribution in [0.5, 0.6) is 0 Å². The molecule has 1 aromatic carbocycles. The van der Waals surface area contributed by atoms with Crippen LogP contribution in [-0.4, -0.2) is 37.9 Å². The molecule has 2 bridgehead atoms. The minimum atomic E-state index is -0.177. The van der Waals surface area contributed by atoms with Gasteiger partial charge >= 0.3 is 0 Å². The molecular weight excluding hydrogens is 346 g/mol. The molecule has 3 nitrogen and oxygen atoms in total. The van der Waals surface area contributed by atoms with E-state index >= 15 is 0 Å². The van der Waals surface area contributed by atoms with Crippen molar-refractivity contribution < 1.29 is 9.53 Å². The number of Topliss-reactive ketones (excluding diaryl/α,β-unsaturated/α-hetero) is 1. The Bertz CT molecular complexity index is 678. The summed E-state index contributed by atoms with van der Waals surface area (Å²) in [6, 6.07) is 8.41. The van der Waals surface area contributed by atoms with Gasteiger partial charge in [0.05, 0.1) is 13.2 Å². The number of allylic oxidation sites excluding steroid dienone is 1. The van der Waals surface area contributed by atoms with Gasteiger partial charge in [0.25, 0.3) is 0 Å². The number of fused-ring (bicyclic) bond motifs is 2. The van der Waals surface area contributed by atoms with E-state index in [1.54, 1.807) is 0 Å². The summed E-state index contributed by atoms with van der Waals surface area (Å²) < 4.78 is 5.69. The van der Waals surface area contributed by atoms with Gasteiger partial charge in [-0.25, -0.2) is 0 Å². The predicted molar refractivity (Wildman–Crippen MR) is 109 cm³/mol. The Balaban J connectivity index is 0.00000243. The van der Waals surface area contributed by atoms with Gasteiger partial charge in [0.2, 0.25) is 0 Å². The molecule has 0 N–H and O–H groups in total. The third-order valence-corrected chi connectivity index (χ3v) is 6.62. The first-order valence-corrected chi connectivity index (χ1v) is 9.33. The second-order valence-electron chi connectivity index (χ2n) is 8.67. The second-order valence-corrected chi connectivity index (χ2v) is 8.67. The maximum atomic E-state index is 12.9. The molecule has 0 spiro atoms. The van der Waals surface area contributed by atoms with Crippen molar-refractivity contribution in [2.45, 2.75) is 40.2 Å². The Morgan fingerprint density at radius 2 is 1.85 bits per heavy atom. The molecule has 2 unspecified atom stereocenters. The number of halogens is 1. The Morgan fingerprint density at radius 3 is 2.38 bits per heavy atom. The highest BCUT2D eigenvalue weighted by Gasteiger charge is 2.63. The quantitative estimate of drug-likeness (QED) is 0.536. The van der Waals surface area contributed by atoms with Gasteiger partial charge in [0.15, 0.2) is 5.78 Å². The van der Waals surface area contributed by atoms with Crippen LogP contribution < -0.4 is 0 Å². The summed E-state index contributed by atoms with van der Waals surface area (Å²) in [6.07, 6.45) is 4.29. The van der Waals surface area contributed by atoms with Crippen molar-refractivity contribution in [2.24, 2.45) is 16.7 Å². The highest BCUT2D eigenvalue weighted by molar-refractivity contribution is 6.07. The fourth-order valence-corrected chi connectivity index (χ4v) is 4.42. The highest BCUT2D eigenvalue weighted by atomic mass is 35.5. The number of likely N-dealkylation sites (N-methyl/N-ethyl adjacent to an activating group) is 1. The van der Waals surface area contributed by atoms with Gasteiger partial charge in [0.1, 0.15) is 0 Å². The minimum Gasteiger partial charge on any atom is -0.375 e. The number of benzene rings is 1. The van der Waals surface area contributed by atoms with E-state index in [4.69, 9.17) is 4.74 Å². The SMILES string of the molecule is CN(C)CCOCc1ccc(C=C2C(=O)C3(C)CCC2C3(C)C)cc1.Cl. The molecule has 2 saturated carbocycles. The van der Waals surface area contributed by atoms with Gasteiger partial charge in [-0.2, -0.15) is 0 Å². The summed E-state index contributed by atoms with van der Waals surface area (Å²) in [7, 11) is 4.09. The lowest BCUT2D eigenvalue weighted by Gasteiger charge is -2.31. The minimum absolute atomic E-state index is 0. The van der Waals surface area contributed by atoms with E-state index in [0.717, 1.165) is 37.1 Å². The van der Waals surface area contributed by atoms with Crippen LogP contribution in [0.1, 0.15) is 44.7 Å². The second kappa shape index (κ2) is 7.84. The molecule has 0 aromatic heterocycles. The number of carbonyl (C=O) groups excluding carboxylic acids is 1. The molecule has 2 aliphatic rings. The molecule has 26 heavy (non-hydrogen) atoms. The van der Waals surface area contributed by atoms with Crippen LogP contribution in [0.4, 0.5) is 0 Å². The molecule has 2 aliphatic carbocycles. The Hall–Kier alpha value is -1.16. The number of rotatable bonds is 6. The predicted octanol–water partition coefficient (Wildman–Crippen LogP) is 4.60. The summed E-state index contributed by atoms with van der Waals surface area (Å²) in [4.78, 5) is 15.0. The van der Waals surface area contributed by atoms with E-state index in [2.05, 4.69) is 56.0 Å². The lowest BCUT2D eigenvalue weighted by atomic mass is 9.70. The largest absolute Gasteiger partial charge is 0.375 e. The molecule has 0 saturated heterocycles. The van der Waals surface area contributed by atoms with Crippen LogP contribution in [0, 0.1) is 16.7 Å². The van der Waals surface area contributed by atoms with E-state index < -0.39 is 0 Å². The van der Waals surface area contributed by atoms with Crippen molar-refractivity contribution in [3.8, 4) is 0 Å². The lowest BCUT2D eigenvalue weighted by Crippen LogP contribution is -2.32. The summed E-state index contributed by atoms with van der Waals surface area (Å²) in [6.45, 7) is 8.99. The zero-order valence-electron chi connectivity index (χ0n) is 16.7. The van der Waals surface area contributed by atoms with E-state index in [1.165, 1.54) is 5.56 Å². The van der Waals surface area contributed by atoms with Gasteiger partial charge in [-0.3, -0.25) is 4.79 Å². The van der Waals surface area contributed by atoms with Crippen molar-refractivity contribution in [2.75, 3.05) is 27.2 Å². The molecule has 0 aliphatic heterocycles. The van der Waals surface area contributed by atoms with E-state index in [0.29, 0.717) is 18.3 Å². The highest BCUT2D eigenvalue weighted by Crippen LogP contribution is 2.65. The summed E-state index contributed by atoms with van der Waals surface area (Å²) in [5, 5.41) is 0. The zero-order chi connectivity index (χ0) is 18.2. The number of hydrogen-bond donors (Lipinski definition) is 0. The van der Waals surface area contributed by atoms with Crippen LogP contribution >= 0.6 is 12.4 Å². The number of carbonyl (C=O) groups is 1. The van der Waals surface area contributed by atoms with Crippen LogP contribution in [0.2, 0.25) is 0 Å². The van der Waals surface area contributed by atoms with E-state index in [9.17, 15) is 4.79 Å². The Morgan fingerprint density at radius 1 is 1.19 bits per heavy atom. The first-order chi connectivity index (χ1) is 11.8. The standard InChI is InChI=1S/C22H31NO2.ClH/c1-21(2)19-10-11-22(21,3)20(24)18(19)14-16-6-8-17(9-7-16)15-25-13-12-23(4)5;/h6-9,14,19H,10-13,15H2,1-5H3;1H. The maximum absolute atomic E-state index is 12.9. The monoisotopic (exact) mass is 377 g/mol. The van der Waals surface area contributed by atoms with Gasteiger partial charge in [-0.1, -0.05) is 45.0 Å². The average Bonchev–Trinajstić information content (AvgIpc) is 2.87. The Kier molecular flexibility index (Phi) is 6.37. The molecule has 3 rings (SSSR count). The Labute approximate surface area is 164 Å². The van der Waals surface area contributed by atoms with Gasteiger partial charge in [0, 0.05) is 12.0 Å². The molecule has 2 fully saturated rings. The zero-order valence-corrected chi connectivity index (χ0v) is 17.5. The summed E-state index contributed by atoms with van der Waals surface area (Å²) in [5.74, 6) is 0.767. The molecule has 4 heteroatoms. The number of nitrogens with zero attached hydrogens (tertiary/aromatic N) is 1. The van der Waals surface area contributed by atoms with Crippen molar-refractivity contribution >= 4 is 24.3 Å². The fourth-order valence-electron chi connectivity index (χ4n) is 4.42. The fraction of sp³-hybridized carbons (Fsp3) is 0.591. The molecule has 0 radical (unpaired) electrons. The molecule has 144 valence electrons.